The molecule has 0 spiro atoms. The summed E-state index contributed by atoms with van der Waals surface area (Å²) in [5, 5.41) is 11.9. The van der Waals surface area contributed by atoms with Crippen LogP contribution >= 0.6 is 0 Å². The van der Waals surface area contributed by atoms with Crippen LogP contribution in [0.5, 0.6) is 0 Å². The van der Waals surface area contributed by atoms with Crippen molar-refractivity contribution in [2.45, 2.75) is 32.2 Å². The molecule has 0 radical (unpaired) electrons. The van der Waals surface area contributed by atoms with Crippen LogP contribution in [0.2, 0.25) is 0 Å². The van der Waals surface area contributed by atoms with Crippen molar-refractivity contribution in [2.24, 2.45) is 5.92 Å². The Bertz CT molecular complexity index is 198. The maximum absolute atomic E-state index is 10.8. The average molecular weight is 201 g/mol. The van der Waals surface area contributed by atoms with E-state index < -0.39 is 11.5 Å². The van der Waals surface area contributed by atoms with Gasteiger partial charge in [-0.05, 0) is 32.6 Å². The second-order valence-electron chi connectivity index (χ2n) is 4.39. The first kappa shape index (κ1) is 11.5. The molecule has 1 atom stereocenters. The molecule has 0 bridgehead atoms. The van der Waals surface area contributed by atoms with Gasteiger partial charge in [-0.2, -0.15) is 0 Å². The Balaban J connectivity index is 2.28. The summed E-state index contributed by atoms with van der Waals surface area (Å²) >= 11 is 0. The minimum Gasteiger partial charge on any atom is -0.480 e. The Kier molecular flexibility index (Phi) is 3.89. The first-order chi connectivity index (χ1) is 6.52. The normalized spacial score (nSPS) is 23.4. The third-order valence-corrected chi connectivity index (χ3v) is 2.62. The van der Waals surface area contributed by atoms with Crippen molar-refractivity contribution >= 4 is 5.97 Å². The third-order valence-electron chi connectivity index (χ3n) is 2.62. The summed E-state index contributed by atoms with van der Waals surface area (Å²) in [6.07, 6.45) is 2.21. The minimum atomic E-state index is -0.836. The lowest BCUT2D eigenvalue weighted by molar-refractivity contribution is -0.143. The number of aliphatic carboxylic acids is 1. The van der Waals surface area contributed by atoms with Gasteiger partial charge in [-0.1, -0.05) is 0 Å². The molecule has 0 amide bonds. The van der Waals surface area contributed by atoms with Crippen molar-refractivity contribution in [3.63, 3.8) is 0 Å². The number of ether oxygens (including phenoxy) is 1. The van der Waals surface area contributed by atoms with Gasteiger partial charge in [-0.15, -0.1) is 0 Å². The summed E-state index contributed by atoms with van der Waals surface area (Å²) in [6, 6.07) is 0. The number of carboxylic acids is 1. The molecular weight excluding hydrogens is 182 g/mol. The molecule has 0 aliphatic carbocycles. The molecule has 0 aromatic heterocycles. The molecule has 1 fully saturated rings. The third kappa shape index (κ3) is 3.27. The quantitative estimate of drug-likeness (QED) is 0.708. The van der Waals surface area contributed by atoms with Gasteiger partial charge in [0, 0.05) is 13.2 Å². The Hall–Kier alpha value is -0.610. The van der Waals surface area contributed by atoms with Crippen LogP contribution in [0.3, 0.4) is 0 Å². The predicted molar refractivity (Wildman–Crippen MR) is 53.3 cm³/mol. The number of nitrogens with one attached hydrogen (secondary N) is 1. The maximum atomic E-state index is 10.8. The molecule has 0 aromatic carbocycles. The van der Waals surface area contributed by atoms with E-state index in [2.05, 4.69) is 5.32 Å². The summed E-state index contributed by atoms with van der Waals surface area (Å²) in [7, 11) is 0. The number of carboxylic acid groups (broad SMARTS) is 1. The number of carbonyl (C=O) groups is 1. The fourth-order valence-electron chi connectivity index (χ4n) is 1.44. The Morgan fingerprint density at radius 2 is 2.36 bits per heavy atom. The zero-order valence-corrected chi connectivity index (χ0v) is 8.88. The second kappa shape index (κ2) is 4.75. The summed E-state index contributed by atoms with van der Waals surface area (Å²) < 4.78 is 5.32. The van der Waals surface area contributed by atoms with Gasteiger partial charge >= 0.3 is 5.97 Å². The van der Waals surface area contributed by atoms with Crippen LogP contribution < -0.4 is 5.32 Å². The van der Waals surface area contributed by atoms with E-state index in [9.17, 15) is 4.79 Å². The molecule has 1 rings (SSSR count). The summed E-state index contributed by atoms with van der Waals surface area (Å²) in [4.78, 5) is 10.8. The lowest BCUT2D eigenvalue weighted by Gasteiger charge is -2.27. The van der Waals surface area contributed by atoms with E-state index in [1.807, 2.05) is 0 Å². The smallest absolute Gasteiger partial charge is 0.323 e. The Labute approximate surface area is 84.6 Å². The largest absolute Gasteiger partial charge is 0.480 e. The molecule has 1 heterocycles. The highest BCUT2D eigenvalue weighted by Crippen LogP contribution is 2.13. The standard InChI is InChI=1S/C10H19NO3/c1-10(2,9(12)13)11-6-8-4-3-5-14-7-8/h8,11H,3-7H2,1-2H3,(H,12,13). The monoisotopic (exact) mass is 201 g/mol. The second-order valence-corrected chi connectivity index (χ2v) is 4.39. The van der Waals surface area contributed by atoms with Crippen LogP contribution in [-0.4, -0.2) is 36.4 Å². The average Bonchev–Trinajstić information content (AvgIpc) is 2.16. The first-order valence-electron chi connectivity index (χ1n) is 5.08. The van der Waals surface area contributed by atoms with Crippen LogP contribution in [0.25, 0.3) is 0 Å². The number of hydrogen-bond acceptors (Lipinski definition) is 3. The molecule has 2 N–H and O–H groups in total. The van der Waals surface area contributed by atoms with Gasteiger partial charge in [-0.3, -0.25) is 4.79 Å². The van der Waals surface area contributed by atoms with Gasteiger partial charge in [0.25, 0.3) is 0 Å². The first-order valence-corrected chi connectivity index (χ1v) is 5.08. The lowest BCUT2D eigenvalue weighted by Crippen LogP contribution is -2.49. The van der Waals surface area contributed by atoms with Crippen LogP contribution in [0.1, 0.15) is 26.7 Å². The van der Waals surface area contributed by atoms with Crippen molar-refractivity contribution in [2.75, 3.05) is 19.8 Å². The molecule has 1 unspecified atom stereocenters. The molecule has 4 nitrogen and oxygen atoms in total. The van der Waals surface area contributed by atoms with E-state index in [-0.39, 0.29) is 0 Å². The van der Waals surface area contributed by atoms with Crippen molar-refractivity contribution in [1.82, 2.24) is 5.32 Å². The highest BCUT2D eigenvalue weighted by molar-refractivity contribution is 5.77. The summed E-state index contributed by atoms with van der Waals surface area (Å²) in [5.74, 6) is -0.350. The van der Waals surface area contributed by atoms with Crippen molar-refractivity contribution in [3.05, 3.63) is 0 Å². The number of rotatable bonds is 4. The van der Waals surface area contributed by atoms with Crippen LogP contribution in [-0.2, 0) is 9.53 Å². The van der Waals surface area contributed by atoms with Gasteiger partial charge in [0.1, 0.15) is 5.54 Å². The Morgan fingerprint density at radius 3 is 2.86 bits per heavy atom. The predicted octanol–water partition coefficient (Wildman–Crippen LogP) is 0.866. The van der Waals surface area contributed by atoms with Crippen molar-refractivity contribution < 1.29 is 14.6 Å². The zero-order chi connectivity index (χ0) is 10.6. The van der Waals surface area contributed by atoms with E-state index in [1.54, 1.807) is 13.8 Å². The molecular formula is C10H19NO3. The van der Waals surface area contributed by atoms with Gasteiger partial charge in [0.05, 0.1) is 6.61 Å². The molecule has 82 valence electrons. The molecule has 0 aromatic rings. The highest BCUT2D eigenvalue weighted by atomic mass is 16.5. The number of hydrogen-bond donors (Lipinski definition) is 2. The minimum absolute atomic E-state index is 0.461. The van der Waals surface area contributed by atoms with E-state index in [0.29, 0.717) is 5.92 Å². The SMILES string of the molecule is CC(C)(NCC1CCCOC1)C(=O)O. The summed E-state index contributed by atoms with van der Waals surface area (Å²) in [6.45, 7) is 5.68. The van der Waals surface area contributed by atoms with Gasteiger partial charge in [0.15, 0.2) is 0 Å². The molecule has 14 heavy (non-hydrogen) atoms. The molecule has 1 aliphatic rings. The molecule has 1 saturated heterocycles. The molecule has 1 aliphatic heterocycles. The topological polar surface area (TPSA) is 58.6 Å². The fraction of sp³-hybridized carbons (Fsp3) is 0.900. The fourth-order valence-corrected chi connectivity index (χ4v) is 1.44. The van der Waals surface area contributed by atoms with Gasteiger partial charge in [0.2, 0.25) is 0 Å². The van der Waals surface area contributed by atoms with Gasteiger partial charge < -0.3 is 15.2 Å². The van der Waals surface area contributed by atoms with Crippen molar-refractivity contribution in [1.29, 1.82) is 0 Å². The van der Waals surface area contributed by atoms with E-state index in [0.717, 1.165) is 32.6 Å². The van der Waals surface area contributed by atoms with Crippen LogP contribution in [0.4, 0.5) is 0 Å². The molecule has 4 heteroatoms. The van der Waals surface area contributed by atoms with Gasteiger partial charge in [-0.25, -0.2) is 0 Å². The summed E-state index contributed by atoms with van der Waals surface area (Å²) in [5.41, 5.74) is -0.836. The zero-order valence-electron chi connectivity index (χ0n) is 8.88. The Morgan fingerprint density at radius 1 is 1.64 bits per heavy atom. The van der Waals surface area contributed by atoms with E-state index >= 15 is 0 Å². The maximum Gasteiger partial charge on any atom is 0.323 e. The van der Waals surface area contributed by atoms with E-state index in [1.165, 1.54) is 0 Å². The lowest BCUT2D eigenvalue weighted by atomic mass is 9.99. The van der Waals surface area contributed by atoms with Crippen molar-refractivity contribution in [3.8, 4) is 0 Å². The van der Waals surface area contributed by atoms with Crippen LogP contribution in [0.15, 0.2) is 0 Å². The highest BCUT2D eigenvalue weighted by Gasteiger charge is 2.27. The van der Waals surface area contributed by atoms with Crippen LogP contribution in [0, 0.1) is 5.92 Å². The molecule has 0 saturated carbocycles. The van der Waals surface area contributed by atoms with E-state index in [4.69, 9.17) is 9.84 Å².